The van der Waals surface area contributed by atoms with Gasteiger partial charge in [-0.05, 0) is 19.1 Å². The van der Waals surface area contributed by atoms with Crippen LogP contribution in [-0.2, 0) is 21.9 Å². The van der Waals surface area contributed by atoms with Crippen LogP contribution < -0.4 is 10.5 Å². The van der Waals surface area contributed by atoms with Crippen LogP contribution in [0.5, 0.6) is 0 Å². The topological polar surface area (TPSA) is 119 Å². The number of aromatic nitrogens is 1. The maximum Gasteiger partial charge on any atom is 0.419 e. The van der Waals surface area contributed by atoms with E-state index >= 15 is 0 Å². The van der Waals surface area contributed by atoms with Gasteiger partial charge in [-0.3, -0.25) is 9.36 Å². The molecule has 1 aromatic carbocycles. The summed E-state index contributed by atoms with van der Waals surface area (Å²) in [5.41, 5.74) is 0.559. The van der Waals surface area contributed by atoms with Gasteiger partial charge in [0.05, 0.1) is 10.4 Å². The van der Waals surface area contributed by atoms with Crippen molar-refractivity contribution in [1.29, 1.82) is 0 Å². The molecule has 0 fully saturated rings. The largest absolute Gasteiger partial charge is 0.480 e. The second kappa shape index (κ2) is 4.76. The Morgan fingerprint density at radius 2 is 2.10 bits per heavy atom. The first kappa shape index (κ1) is 14.3. The van der Waals surface area contributed by atoms with E-state index in [2.05, 4.69) is 0 Å². The average Bonchev–Trinajstić information content (AvgIpc) is 2.64. The number of aryl methyl sites for hydroxylation is 1. The van der Waals surface area contributed by atoms with Crippen LogP contribution in [0.1, 0.15) is 6.92 Å². The molecule has 0 saturated heterocycles. The maximum absolute atomic E-state index is 12.0. The van der Waals surface area contributed by atoms with Crippen LogP contribution in [0.3, 0.4) is 0 Å². The molecule has 1 atom stereocenters. The summed E-state index contributed by atoms with van der Waals surface area (Å²) in [7, 11) is -2.51. The lowest BCUT2D eigenvalue weighted by atomic mass is 10.3. The molecule has 0 amide bonds. The lowest BCUT2D eigenvalue weighted by Crippen LogP contribution is -2.38. The summed E-state index contributed by atoms with van der Waals surface area (Å²) in [6, 6.07) is 2.60. The number of nitrogens with one attached hydrogen (secondary N) is 1. The third kappa shape index (κ3) is 2.45. The number of nitrogens with zero attached hydrogens (tertiary/aromatic N) is 1. The minimum atomic E-state index is -4.00. The van der Waals surface area contributed by atoms with Gasteiger partial charge in [0.15, 0.2) is 5.58 Å². The minimum Gasteiger partial charge on any atom is -0.480 e. The zero-order valence-corrected chi connectivity index (χ0v) is 11.5. The molecule has 0 aliphatic heterocycles. The number of sulfonamides is 1. The summed E-state index contributed by atoms with van der Waals surface area (Å²) in [6.45, 7) is 1.21. The predicted molar refractivity (Wildman–Crippen MR) is 68.9 cm³/mol. The first-order valence-electron chi connectivity index (χ1n) is 5.57. The molecule has 20 heavy (non-hydrogen) atoms. The van der Waals surface area contributed by atoms with E-state index in [1.165, 1.54) is 36.7 Å². The van der Waals surface area contributed by atoms with Crippen molar-refractivity contribution in [3.05, 3.63) is 28.7 Å². The number of rotatable bonds is 4. The number of fused-ring (bicyclic) bond motifs is 1. The highest BCUT2D eigenvalue weighted by Gasteiger charge is 2.22. The van der Waals surface area contributed by atoms with Crippen molar-refractivity contribution >= 4 is 27.1 Å². The van der Waals surface area contributed by atoms with E-state index in [1.54, 1.807) is 0 Å². The standard InChI is InChI=1S/C11H12N2O6S/c1-6(10(14)15)12-20(17,18)7-3-4-8-9(5-7)19-11(16)13(8)2/h3-6,12H,1-2H3,(H,14,15)/t6-/m1/s1. The van der Waals surface area contributed by atoms with Crippen LogP contribution >= 0.6 is 0 Å². The molecule has 1 aromatic heterocycles. The van der Waals surface area contributed by atoms with E-state index in [9.17, 15) is 18.0 Å². The number of oxazole rings is 1. The monoisotopic (exact) mass is 300 g/mol. The van der Waals surface area contributed by atoms with E-state index in [4.69, 9.17) is 9.52 Å². The molecule has 108 valence electrons. The quantitative estimate of drug-likeness (QED) is 0.812. The maximum atomic E-state index is 12.0. The summed E-state index contributed by atoms with van der Waals surface area (Å²) >= 11 is 0. The number of carboxylic acid groups (broad SMARTS) is 1. The Kier molecular flexibility index (Phi) is 3.40. The van der Waals surface area contributed by atoms with Gasteiger partial charge in [0.2, 0.25) is 10.0 Å². The zero-order chi connectivity index (χ0) is 15.1. The van der Waals surface area contributed by atoms with Gasteiger partial charge >= 0.3 is 11.7 Å². The van der Waals surface area contributed by atoms with Crippen LogP contribution in [0.15, 0.2) is 32.3 Å². The third-order valence-corrected chi connectivity index (χ3v) is 4.31. The molecule has 2 N–H and O–H groups in total. The van der Waals surface area contributed by atoms with E-state index in [-0.39, 0.29) is 10.5 Å². The normalized spacial score (nSPS) is 13.5. The van der Waals surface area contributed by atoms with Crippen molar-refractivity contribution < 1.29 is 22.7 Å². The molecule has 0 saturated carbocycles. The van der Waals surface area contributed by atoms with Gasteiger partial charge in [-0.2, -0.15) is 4.72 Å². The highest BCUT2D eigenvalue weighted by Crippen LogP contribution is 2.18. The minimum absolute atomic E-state index is 0.114. The highest BCUT2D eigenvalue weighted by molar-refractivity contribution is 7.89. The van der Waals surface area contributed by atoms with Crippen molar-refractivity contribution in [3.63, 3.8) is 0 Å². The average molecular weight is 300 g/mol. The number of hydrogen-bond acceptors (Lipinski definition) is 5. The molecule has 0 spiro atoms. The summed E-state index contributed by atoms with van der Waals surface area (Å²) < 4.78 is 32.1. The zero-order valence-electron chi connectivity index (χ0n) is 10.7. The van der Waals surface area contributed by atoms with E-state index in [0.29, 0.717) is 5.52 Å². The van der Waals surface area contributed by atoms with Gasteiger partial charge in [0, 0.05) is 13.1 Å². The van der Waals surface area contributed by atoms with Crippen LogP contribution in [0.4, 0.5) is 0 Å². The van der Waals surface area contributed by atoms with Gasteiger partial charge in [0.1, 0.15) is 6.04 Å². The molecule has 0 aliphatic carbocycles. The van der Waals surface area contributed by atoms with Crippen molar-refractivity contribution in [2.45, 2.75) is 17.9 Å². The smallest absolute Gasteiger partial charge is 0.419 e. The molecular formula is C11H12N2O6S. The Morgan fingerprint density at radius 1 is 1.45 bits per heavy atom. The second-order valence-electron chi connectivity index (χ2n) is 4.24. The third-order valence-electron chi connectivity index (χ3n) is 2.78. The molecule has 8 nitrogen and oxygen atoms in total. The Hall–Kier alpha value is -2.13. The molecule has 0 bridgehead atoms. The lowest BCUT2D eigenvalue weighted by molar-refractivity contribution is -0.138. The Balaban J connectivity index is 2.47. The summed E-state index contributed by atoms with van der Waals surface area (Å²) in [6.07, 6.45) is 0. The fourth-order valence-electron chi connectivity index (χ4n) is 1.63. The SMILES string of the molecule is C[C@@H](NS(=O)(=O)c1ccc2c(c1)oc(=O)n2C)C(=O)O. The van der Waals surface area contributed by atoms with Crippen molar-refractivity contribution in [1.82, 2.24) is 9.29 Å². The molecule has 2 aromatic rings. The Morgan fingerprint density at radius 3 is 2.70 bits per heavy atom. The van der Waals surface area contributed by atoms with Crippen molar-refractivity contribution in [2.75, 3.05) is 0 Å². The van der Waals surface area contributed by atoms with Crippen LogP contribution in [0.25, 0.3) is 11.1 Å². The molecule has 1 heterocycles. The second-order valence-corrected chi connectivity index (χ2v) is 5.95. The molecule has 0 unspecified atom stereocenters. The van der Waals surface area contributed by atoms with Crippen LogP contribution in [0, 0.1) is 0 Å². The lowest BCUT2D eigenvalue weighted by Gasteiger charge is -2.09. The fraction of sp³-hybridized carbons (Fsp3) is 0.273. The van der Waals surface area contributed by atoms with E-state index in [0.717, 1.165) is 0 Å². The van der Waals surface area contributed by atoms with Gasteiger partial charge in [-0.1, -0.05) is 0 Å². The number of benzene rings is 1. The van der Waals surface area contributed by atoms with Crippen molar-refractivity contribution in [3.8, 4) is 0 Å². The molecular weight excluding hydrogens is 288 g/mol. The number of aliphatic carboxylic acids is 1. The first-order valence-corrected chi connectivity index (χ1v) is 7.05. The first-order chi connectivity index (χ1) is 9.22. The van der Waals surface area contributed by atoms with Crippen molar-refractivity contribution in [2.24, 2.45) is 7.05 Å². The molecule has 0 aliphatic rings. The number of carbonyl (C=O) groups is 1. The summed E-state index contributed by atoms with van der Waals surface area (Å²) in [5.74, 6) is -1.90. The van der Waals surface area contributed by atoms with Crippen LogP contribution in [0.2, 0.25) is 0 Å². The van der Waals surface area contributed by atoms with Gasteiger partial charge in [0.25, 0.3) is 0 Å². The van der Waals surface area contributed by atoms with E-state index < -0.39 is 27.8 Å². The summed E-state index contributed by atoms with van der Waals surface area (Å²) in [5, 5.41) is 8.71. The van der Waals surface area contributed by atoms with Gasteiger partial charge < -0.3 is 9.52 Å². The van der Waals surface area contributed by atoms with Crippen LogP contribution in [-0.4, -0.2) is 30.1 Å². The van der Waals surface area contributed by atoms with Gasteiger partial charge in [-0.15, -0.1) is 0 Å². The number of hydrogen-bond donors (Lipinski definition) is 2. The molecule has 9 heteroatoms. The fourth-order valence-corrected chi connectivity index (χ4v) is 2.84. The summed E-state index contributed by atoms with van der Waals surface area (Å²) in [4.78, 5) is 21.8. The van der Waals surface area contributed by atoms with Gasteiger partial charge in [-0.25, -0.2) is 13.2 Å². The highest BCUT2D eigenvalue weighted by atomic mass is 32.2. The Labute approximate surface area is 113 Å². The van der Waals surface area contributed by atoms with E-state index in [1.807, 2.05) is 4.72 Å². The molecule has 0 radical (unpaired) electrons. The number of carboxylic acids is 1. The predicted octanol–water partition coefficient (Wildman–Crippen LogP) is -0.117. The Bertz CT molecular complexity index is 832. The molecule has 2 rings (SSSR count).